The Morgan fingerprint density at radius 3 is 3.00 bits per heavy atom. The fourth-order valence-electron chi connectivity index (χ4n) is 1.43. The standard InChI is InChI=1S/C10H11BrN4O2/c1-3-15-9(7(11)5-12-15)10(16)13-8-4-6(2)17-14-8/h4-5H,3H2,1-2H3,(H,13,14,16). The third kappa shape index (κ3) is 2.38. The van der Waals surface area contributed by atoms with Gasteiger partial charge in [-0.15, -0.1) is 0 Å². The van der Waals surface area contributed by atoms with Gasteiger partial charge in [0.1, 0.15) is 11.5 Å². The Labute approximate surface area is 106 Å². The van der Waals surface area contributed by atoms with Gasteiger partial charge < -0.3 is 9.84 Å². The Balaban J connectivity index is 2.22. The second kappa shape index (κ2) is 4.70. The molecule has 0 saturated carbocycles. The Morgan fingerprint density at radius 2 is 2.41 bits per heavy atom. The fraction of sp³-hybridized carbons (Fsp3) is 0.300. The van der Waals surface area contributed by atoms with Gasteiger partial charge in [-0.1, -0.05) is 5.16 Å². The number of amides is 1. The third-order valence-corrected chi connectivity index (χ3v) is 2.76. The number of rotatable bonds is 3. The van der Waals surface area contributed by atoms with Crippen molar-refractivity contribution in [2.45, 2.75) is 20.4 Å². The molecule has 0 aliphatic heterocycles. The summed E-state index contributed by atoms with van der Waals surface area (Å²) in [4.78, 5) is 12.0. The van der Waals surface area contributed by atoms with Crippen LogP contribution in [0.1, 0.15) is 23.2 Å². The highest BCUT2D eigenvalue weighted by atomic mass is 79.9. The van der Waals surface area contributed by atoms with Crippen LogP contribution in [0.3, 0.4) is 0 Å². The molecule has 0 atom stereocenters. The van der Waals surface area contributed by atoms with E-state index in [-0.39, 0.29) is 5.91 Å². The smallest absolute Gasteiger partial charge is 0.276 e. The zero-order valence-electron chi connectivity index (χ0n) is 9.40. The van der Waals surface area contributed by atoms with E-state index in [2.05, 4.69) is 31.5 Å². The molecule has 7 heteroatoms. The summed E-state index contributed by atoms with van der Waals surface area (Å²) in [6.07, 6.45) is 1.59. The topological polar surface area (TPSA) is 73.0 Å². The van der Waals surface area contributed by atoms with Crippen molar-refractivity contribution >= 4 is 27.7 Å². The lowest BCUT2D eigenvalue weighted by Crippen LogP contribution is -2.18. The number of aromatic nitrogens is 3. The van der Waals surface area contributed by atoms with E-state index in [1.54, 1.807) is 23.9 Å². The zero-order chi connectivity index (χ0) is 12.4. The van der Waals surface area contributed by atoms with E-state index in [9.17, 15) is 4.79 Å². The van der Waals surface area contributed by atoms with Crippen molar-refractivity contribution in [2.24, 2.45) is 0 Å². The van der Waals surface area contributed by atoms with E-state index >= 15 is 0 Å². The van der Waals surface area contributed by atoms with Crippen LogP contribution >= 0.6 is 15.9 Å². The van der Waals surface area contributed by atoms with Gasteiger partial charge >= 0.3 is 0 Å². The van der Waals surface area contributed by atoms with E-state index in [0.29, 0.717) is 28.3 Å². The maximum absolute atomic E-state index is 12.0. The summed E-state index contributed by atoms with van der Waals surface area (Å²) in [7, 11) is 0. The number of halogens is 1. The van der Waals surface area contributed by atoms with Crippen molar-refractivity contribution in [3.05, 3.63) is 28.2 Å². The molecule has 0 aliphatic carbocycles. The molecule has 2 aromatic heterocycles. The van der Waals surface area contributed by atoms with Crippen molar-refractivity contribution in [2.75, 3.05) is 5.32 Å². The average molecular weight is 299 g/mol. The van der Waals surface area contributed by atoms with Gasteiger partial charge in [0.2, 0.25) is 0 Å². The van der Waals surface area contributed by atoms with Crippen molar-refractivity contribution in [1.29, 1.82) is 0 Å². The van der Waals surface area contributed by atoms with Gasteiger partial charge in [-0.25, -0.2) is 0 Å². The highest BCUT2D eigenvalue weighted by molar-refractivity contribution is 9.10. The van der Waals surface area contributed by atoms with E-state index in [0.717, 1.165) is 0 Å². The fourth-order valence-corrected chi connectivity index (χ4v) is 1.91. The molecule has 6 nitrogen and oxygen atoms in total. The van der Waals surface area contributed by atoms with Crippen molar-refractivity contribution in [1.82, 2.24) is 14.9 Å². The van der Waals surface area contributed by atoms with Gasteiger partial charge in [0.25, 0.3) is 5.91 Å². The number of aryl methyl sites for hydroxylation is 2. The van der Waals surface area contributed by atoms with Crippen LogP contribution in [-0.4, -0.2) is 20.8 Å². The van der Waals surface area contributed by atoms with Crippen LogP contribution in [0.15, 0.2) is 21.3 Å². The summed E-state index contributed by atoms with van der Waals surface area (Å²) >= 11 is 3.29. The summed E-state index contributed by atoms with van der Waals surface area (Å²) in [5.74, 6) is 0.760. The Hall–Kier alpha value is -1.63. The minimum atomic E-state index is -0.274. The van der Waals surface area contributed by atoms with Crippen molar-refractivity contribution < 1.29 is 9.32 Å². The van der Waals surface area contributed by atoms with Crippen LogP contribution in [0.4, 0.5) is 5.82 Å². The van der Waals surface area contributed by atoms with Crippen LogP contribution < -0.4 is 5.32 Å². The number of hydrogen-bond donors (Lipinski definition) is 1. The molecule has 0 aliphatic rings. The second-order valence-electron chi connectivity index (χ2n) is 3.43. The molecule has 17 heavy (non-hydrogen) atoms. The summed E-state index contributed by atoms with van der Waals surface area (Å²) in [5.41, 5.74) is 0.466. The first kappa shape index (κ1) is 11.8. The van der Waals surface area contributed by atoms with Gasteiger partial charge in [0.05, 0.1) is 10.7 Å². The molecule has 2 rings (SSSR count). The number of nitrogens with zero attached hydrogens (tertiary/aromatic N) is 3. The minimum Gasteiger partial charge on any atom is -0.360 e. The SMILES string of the molecule is CCn1ncc(Br)c1C(=O)Nc1cc(C)on1. The molecule has 0 radical (unpaired) electrons. The van der Waals surface area contributed by atoms with Gasteiger partial charge in [0.15, 0.2) is 5.82 Å². The summed E-state index contributed by atoms with van der Waals surface area (Å²) in [5, 5.41) is 10.4. The summed E-state index contributed by atoms with van der Waals surface area (Å²) in [6.45, 7) is 4.29. The first-order chi connectivity index (χ1) is 8.11. The van der Waals surface area contributed by atoms with Gasteiger partial charge in [-0.2, -0.15) is 5.10 Å². The van der Waals surface area contributed by atoms with Gasteiger partial charge in [-0.05, 0) is 29.8 Å². The number of carbonyl (C=O) groups excluding carboxylic acids is 1. The van der Waals surface area contributed by atoms with Gasteiger partial charge in [0, 0.05) is 12.6 Å². The summed E-state index contributed by atoms with van der Waals surface area (Å²) < 4.78 is 7.12. The Bertz CT molecular complexity index is 546. The molecular formula is C10H11BrN4O2. The van der Waals surface area contributed by atoms with E-state index in [1.807, 2.05) is 6.92 Å². The maximum atomic E-state index is 12.0. The molecule has 0 saturated heterocycles. The molecule has 2 aromatic rings. The Kier molecular flexibility index (Phi) is 3.28. The molecule has 0 bridgehead atoms. The zero-order valence-corrected chi connectivity index (χ0v) is 11.0. The third-order valence-electron chi connectivity index (χ3n) is 2.18. The molecular weight excluding hydrogens is 288 g/mol. The molecule has 90 valence electrons. The monoisotopic (exact) mass is 298 g/mol. The van der Waals surface area contributed by atoms with Crippen LogP contribution in [0.25, 0.3) is 0 Å². The minimum absolute atomic E-state index is 0.274. The lowest BCUT2D eigenvalue weighted by Gasteiger charge is -2.04. The van der Waals surface area contributed by atoms with Crippen molar-refractivity contribution in [3.63, 3.8) is 0 Å². The van der Waals surface area contributed by atoms with E-state index < -0.39 is 0 Å². The maximum Gasteiger partial charge on any atom is 0.276 e. The van der Waals surface area contributed by atoms with Crippen LogP contribution in [0, 0.1) is 6.92 Å². The van der Waals surface area contributed by atoms with Crippen LogP contribution in [0.2, 0.25) is 0 Å². The van der Waals surface area contributed by atoms with Gasteiger partial charge in [-0.3, -0.25) is 9.48 Å². The van der Waals surface area contributed by atoms with Crippen molar-refractivity contribution in [3.8, 4) is 0 Å². The first-order valence-corrected chi connectivity index (χ1v) is 5.87. The lowest BCUT2D eigenvalue weighted by atomic mass is 10.4. The Morgan fingerprint density at radius 1 is 1.65 bits per heavy atom. The number of anilines is 1. The predicted octanol–water partition coefficient (Wildman–Crippen LogP) is 2.21. The predicted molar refractivity (Wildman–Crippen MR) is 64.8 cm³/mol. The summed E-state index contributed by atoms with van der Waals surface area (Å²) in [6, 6.07) is 1.65. The molecule has 1 N–H and O–H groups in total. The van der Waals surface area contributed by atoms with E-state index in [4.69, 9.17) is 4.52 Å². The first-order valence-electron chi connectivity index (χ1n) is 5.07. The highest BCUT2D eigenvalue weighted by Gasteiger charge is 2.17. The normalized spacial score (nSPS) is 10.5. The molecule has 0 fully saturated rings. The number of hydrogen-bond acceptors (Lipinski definition) is 4. The quantitative estimate of drug-likeness (QED) is 0.943. The van der Waals surface area contributed by atoms with Crippen LogP contribution in [-0.2, 0) is 6.54 Å². The molecule has 0 aromatic carbocycles. The molecule has 2 heterocycles. The molecule has 1 amide bonds. The second-order valence-corrected chi connectivity index (χ2v) is 4.29. The lowest BCUT2D eigenvalue weighted by molar-refractivity contribution is 0.101. The number of nitrogens with one attached hydrogen (secondary N) is 1. The molecule has 0 spiro atoms. The van der Waals surface area contributed by atoms with Crippen LogP contribution in [0.5, 0.6) is 0 Å². The highest BCUT2D eigenvalue weighted by Crippen LogP contribution is 2.17. The average Bonchev–Trinajstić information content (AvgIpc) is 2.84. The largest absolute Gasteiger partial charge is 0.360 e. The number of carbonyl (C=O) groups is 1. The molecule has 0 unspecified atom stereocenters. The van der Waals surface area contributed by atoms with E-state index in [1.165, 1.54) is 0 Å².